The highest BCUT2D eigenvalue weighted by atomic mass is 32.2. The van der Waals surface area contributed by atoms with Crippen molar-refractivity contribution in [3.05, 3.63) is 48.4 Å². The lowest BCUT2D eigenvalue weighted by Gasteiger charge is -2.35. The van der Waals surface area contributed by atoms with Crippen molar-refractivity contribution in [3.63, 3.8) is 0 Å². The van der Waals surface area contributed by atoms with E-state index in [9.17, 15) is 17.6 Å². The zero-order valence-corrected chi connectivity index (χ0v) is 17.8. The molecule has 0 bridgehead atoms. The fourth-order valence-electron chi connectivity index (χ4n) is 3.29. The van der Waals surface area contributed by atoms with Gasteiger partial charge in [-0.05, 0) is 31.2 Å². The SMILES string of the molecule is C[C@H](NS(=O)(=O)c1ccccc1F)C(=O)N1CCN(c2nc3cccnc3s2)CC1. The Bertz CT molecular complexity index is 1140. The summed E-state index contributed by atoms with van der Waals surface area (Å²) in [7, 11) is -4.14. The molecule has 4 rings (SSSR count). The number of benzene rings is 1. The van der Waals surface area contributed by atoms with Gasteiger partial charge in [0.25, 0.3) is 0 Å². The molecule has 1 amide bonds. The summed E-state index contributed by atoms with van der Waals surface area (Å²) < 4.78 is 41.0. The highest BCUT2D eigenvalue weighted by molar-refractivity contribution is 7.89. The van der Waals surface area contributed by atoms with Crippen LogP contribution >= 0.6 is 11.3 Å². The number of fused-ring (bicyclic) bond motifs is 1. The van der Waals surface area contributed by atoms with Crippen LogP contribution < -0.4 is 9.62 Å². The number of hydrogen-bond acceptors (Lipinski definition) is 7. The van der Waals surface area contributed by atoms with Crippen molar-refractivity contribution in [2.75, 3.05) is 31.1 Å². The van der Waals surface area contributed by atoms with Crippen molar-refractivity contribution in [1.29, 1.82) is 0 Å². The normalized spacial score (nSPS) is 16.1. The van der Waals surface area contributed by atoms with Crippen molar-refractivity contribution in [2.24, 2.45) is 0 Å². The van der Waals surface area contributed by atoms with E-state index in [0.29, 0.717) is 26.2 Å². The van der Waals surface area contributed by atoms with E-state index < -0.39 is 26.8 Å². The summed E-state index contributed by atoms with van der Waals surface area (Å²) in [5.41, 5.74) is 0.840. The van der Waals surface area contributed by atoms with Gasteiger partial charge >= 0.3 is 0 Å². The Hall–Kier alpha value is -2.63. The number of nitrogens with one attached hydrogen (secondary N) is 1. The van der Waals surface area contributed by atoms with Gasteiger partial charge in [0.05, 0.1) is 6.04 Å². The summed E-state index contributed by atoms with van der Waals surface area (Å²) in [6, 6.07) is 7.81. The monoisotopic (exact) mass is 449 g/mol. The Morgan fingerprint density at radius 2 is 1.90 bits per heavy atom. The van der Waals surface area contributed by atoms with E-state index in [0.717, 1.165) is 21.5 Å². The topological polar surface area (TPSA) is 95.5 Å². The van der Waals surface area contributed by atoms with Crippen LogP contribution in [0, 0.1) is 5.82 Å². The zero-order valence-electron chi connectivity index (χ0n) is 16.2. The maximum atomic E-state index is 13.8. The highest BCUT2D eigenvalue weighted by Gasteiger charge is 2.30. The maximum absolute atomic E-state index is 13.8. The molecule has 1 aromatic carbocycles. The minimum Gasteiger partial charge on any atom is -0.344 e. The van der Waals surface area contributed by atoms with Crippen LogP contribution in [-0.2, 0) is 14.8 Å². The van der Waals surface area contributed by atoms with E-state index in [4.69, 9.17) is 0 Å². The van der Waals surface area contributed by atoms with E-state index in [1.807, 2.05) is 12.1 Å². The molecule has 1 N–H and O–H groups in total. The van der Waals surface area contributed by atoms with Crippen LogP contribution in [-0.4, -0.2) is 61.4 Å². The number of rotatable bonds is 5. The number of carbonyl (C=O) groups is 1. The first-order valence-corrected chi connectivity index (χ1v) is 11.7. The molecule has 0 spiro atoms. The van der Waals surface area contributed by atoms with Crippen LogP contribution in [0.25, 0.3) is 10.3 Å². The summed E-state index contributed by atoms with van der Waals surface area (Å²) >= 11 is 1.50. The Balaban J connectivity index is 1.38. The lowest BCUT2D eigenvalue weighted by molar-refractivity contribution is -0.132. The van der Waals surface area contributed by atoms with Crippen molar-refractivity contribution in [1.82, 2.24) is 19.6 Å². The first kappa shape index (κ1) is 20.6. The van der Waals surface area contributed by atoms with Gasteiger partial charge in [-0.2, -0.15) is 4.72 Å². The number of carbonyl (C=O) groups excluding carboxylic acids is 1. The number of amides is 1. The molecule has 30 heavy (non-hydrogen) atoms. The molecule has 0 unspecified atom stereocenters. The van der Waals surface area contributed by atoms with E-state index >= 15 is 0 Å². The number of pyridine rings is 1. The predicted molar refractivity (Wildman–Crippen MR) is 112 cm³/mol. The van der Waals surface area contributed by atoms with Crippen LogP contribution in [0.15, 0.2) is 47.5 Å². The fourth-order valence-corrected chi connectivity index (χ4v) is 5.53. The van der Waals surface area contributed by atoms with Crippen LogP contribution in [0.3, 0.4) is 0 Å². The smallest absolute Gasteiger partial charge is 0.244 e. The Labute approximate surface area is 177 Å². The number of halogens is 1. The molecule has 1 atom stereocenters. The molecule has 8 nitrogen and oxygen atoms in total. The lowest BCUT2D eigenvalue weighted by Crippen LogP contribution is -2.54. The minimum absolute atomic E-state index is 0.347. The molecule has 1 fully saturated rings. The van der Waals surface area contributed by atoms with Gasteiger partial charge in [-0.15, -0.1) is 0 Å². The lowest BCUT2D eigenvalue weighted by atomic mass is 10.2. The number of anilines is 1. The summed E-state index contributed by atoms with van der Waals surface area (Å²) in [5, 5.41) is 0.851. The molecule has 158 valence electrons. The molecule has 0 saturated carbocycles. The first-order valence-electron chi connectivity index (χ1n) is 9.37. The molecule has 3 heterocycles. The summed E-state index contributed by atoms with van der Waals surface area (Å²) in [6.07, 6.45) is 1.73. The Morgan fingerprint density at radius 1 is 1.17 bits per heavy atom. The van der Waals surface area contributed by atoms with Crippen LogP contribution in [0.4, 0.5) is 9.52 Å². The number of nitrogens with zero attached hydrogens (tertiary/aromatic N) is 4. The molecule has 1 saturated heterocycles. The third-order valence-corrected chi connectivity index (χ3v) is 7.46. The fraction of sp³-hybridized carbons (Fsp3) is 0.316. The van der Waals surface area contributed by atoms with Crippen LogP contribution in [0.2, 0.25) is 0 Å². The summed E-state index contributed by atoms with van der Waals surface area (Å²) in [5.74, 6) is -1.20. The first-order chi connectivity index (χ1) is 14.3. The number of thiazole rings is 1. The number of hydrogen-bond donors (Lipinski definition) is 1. The van der Waals surface area contributed by atoms with Gasteiger partial charge in [0.2, 0.25) is 15.9 Å². The van der Waals surface area contributed by atoms with Gasteiger partial charge < -0.3 is 9.80 Å². The van der Waals surface area contributed by atoms with E-state index in [1.54, 1.807) is 11.1 Å². The second-order valence-electron chi connectivity index (χ2n) is 6.91. The van der Waals surface area contributed by atoms with E-state index in [1.165, 1.54) is 36.5 Å². The Kier molecular flexibility index (Phi) is 5.67. The van der Waals surface area contributed by atoms with E-state index in [-0.39, 0.29) is 5.91 Å². The van der Waals surface area contributed by atoms with Gasteiger partial charge in [-0.1, -0.05) is 23.5 Å². The minimum atomic E-state index is -4.14. The van der Waals surface area contributed by atoms with Gasteiger partial charge in [-0.3, -0.25) is 4.79 Å². The molecular weight excluding hydrogens is 429 g/mol. The number of piperazine rings is 1. The molecule has 11 heteroatoms. The van der Waals surface area contributed by atoms with E-state index in [2.05, 4.69) is 19.6 Å². The highest BCUT2D eigenvalue weighted by Crippen LogP contribution is 2.27. The van der Waals surface area contributed by atoms with Crippen LogP contribution in [0.5, 0.6) is 0 Å². The van der Waals surface area contributed by atoms with Crippen molar-refractivity contribution < 1.29 is 17.6 Å². The molecule has 0 aliphatic carbocycles. The van der Waals surface area contributed by atoms with Gasteiger partial charge in [-0.25, -0.2) is 22.8 Å². The predicted octanol–water partition coefficient (Wildman–Crippen LogP) is 1.85. The quantitative estimate of drug-likeness (QED) is 0.639. The molecule has 0 radical (unpaired) electrons. The van der Waals surface area contributed by atoms with Crippen molar-refractivity contribution >= 4 is 42.7 Å². The third kappa shape index (κ3) is 4.13. The van der Waals surface area contributed by atoms with Crippen LogP contribution in [0.1, 0.15) is 6.92 Å². The second kappa shape index (κ2) is 8.25. The molecule has 1 aliphatic rings. The van der Waals surface area contributed by atoms with Crippen molar-refractivity contribution in [3.8, 4) is 0 Å². The van der Waals surface area contributed by atoms with Gasteiger partial charge in [0.15, 0.2) is 5.13 Å². The molecule has 2 aromatic heterocycles. The zero-order chi connectivity index (χ0) is 21.3. The van der Waals surface area contributed by atoms with Gasteiger partial charge in [0, 0.05) is 32.4 Å². The van der Waals surface area contributed by atoms with Crippen molar-refractivity contribution in [2.45, 2.75) is 17.9 Å². The average Bonchev–Trinajstić information content (AvgIpc) is 3.17. The second-order valence-corrected chi connectivity index (χ2v) is 9.55. The largest absolute Gasteiger partial charge is 0.344 e. The summed E-state index contributed by atoms with van der Waals surface area (Å²) in [6.45, 7) is 3.50. The standard InChI is InChI=1S/C19H20FN5O3S2/c1-13(23-30(27,28)16-7-3-2-5-14(16)20)18(26)24-9-11-25(12-10-24)19-22-15-6-4-8-21-17(15)29-19/h2-8,13,23H,9-12H2,1H3/t13-/m0/s1. The maximum Gasteiger partial charge on any atom is 0.244 e. The third-order valence-electron chi connectivity index (χ3n) is 4.85. The molecular formula is C19H20FN5O3S2. The van der Waals surface area contributed by atoms with Gasteiger partial charge in [0.1, 0.15) is 21.1 Å². The summed E-state index contributed by atoms with van der Waals surface area (Å²) in [4.78, 5) is 25.7. The number of sulfonamides is 1. The molecule has 1 aliphatic heterocycles. The number of aromatic nitrogens is 2. The molecule has 3 aromatic rings. The Morgan fingerprint density at radius 3 is 2.60 bits per heavy atom. The average molecular weight is 450 g/mol.